The average Bonchev–Trinajstić information content (AvgIpc) is 2.46. The van der Waals surface area contributed by atoms with Crippen molar-refractivity contribution in [2.45, 2.75) is 18.1 Å². The third kappa shape index (κ3) is 3.19. The Morgan fingerprint density at radius 3 is 2.50 bits per heavy atom. The minimum Gasteiger partial charge on any atom is -0.326 e. The Bertz CT molecular complexity index is 704. The van der Waals surface area contributed by atoms with E-state index < -0.39 is 20.9 Å². The smallest absolute Gasteiger partial charge is 0.261 e. The van der Waals surface area contributed by atoms with Gasteiger partial charge in [-0.15, -0.1) is 0 Å². The van der Waals surface area contributed by atoms with Crippen LogP contribution in [0.4, 0.5) is 4.39 Å². The van der Waals surface area contributed by atoms with Crippen LogP contribution in [0.5, 0.6) is 0 Å². The molecule has 0 amide bonds. The molecule has 1 aromatic heterocycles. The van der Waals surface area contributed by atoms with E-state index in [-0.39, 0.29) is 6.54 Å². The number of benzene rings is 1. The first-order valence-corrected chi connectivity index (χ1v) is 7.40. The van der Waals surface area contributed by atoms with Crippen molar-refractivity contribution in [1.82, 2.24) is 9.71 Å². The Balaban J connectivity index is 2.20. The van der Waals surface area contributed by atoms with Crippen LogP contribution in [0, 0.1) is 5.82 Å². The monoisotopic (exact) mass is 295 g/mol. The van der Waals surface area contributed by atoms with Gasteiger partial charge in [-0.2, -0.15) is 0 Å². The van der Waals surface area contributed by atoms with Gasteiger partial charge in [-0.1, -0.05) is 24.3 Å². The molecule has 0 unspecified atom stereocenters. The van der Waals surface area contributed by atoms with E-state index >= 15 is 0 Å². The van der Waals surface area contributed by atoms with Gasteiger partial charge in [-0.25, -0.2) is 22.5 Å². The summed E-state index contributed by atoms with van der Waals surface area (Å²) in [5, 5.41) is -0.606. The maximum Gasteiger partial charge on any atom is 0.261 e. The SMILES string of the molecule is NCc1ccccc1CNS(=O)(=O)c1ncccc1F. The molecule has 3 N–H and O–H groups in total. The molecule has 1 aromatic carbocycles. The van der Waals surface area contributed by atoms with Crippen molar-refractivity contribution in [3.05, 3.63) is 59.5 Å². The number of nitrogens with zero attached hydrogens (tertiary/aromatic N) is 1. The second-order valence-corrected chi connectivity index (χ2v) is 5.77. The van der Waals surface area contributed by atoms with Crippen LogP contribution in [0.15, 0.2) is 47.6 Å². The van der Waals surface area contributed by atoms with E-state index in [1.807, 2.05) is 12.1 Å². The van der Waals surface area contributed by atoms with Crippen LogP contribution in [-0.4, -0.2) is 13.4 Å². The number of hydrogen-bond acceptors (Lipinski definition) is 4. The van der Waals surface area contributed by atoms with Crippen LogP contribution in [0.2, 0.25) is 0 Å². The molecule has 0 saturated heterocycles. The minimum atomic E-state index is -3.99. The molecule has 0 bridgehead atoms. The first kappa shape index (κ1) is 14.6. The molecule has 0 atom stereocenters. The van der Waals surface area contributed by atoms with Crippen LogP contribution in [0.3, 0.4) is 0 Å². The van der Waals surface area contributed by atoms with E-state index in [4.69, 9.17) is 5.73 Å². The summed E-state index contributed by atoms with van der Waals surface area (Å²) in [6, 6.07) is 9.56. The molecule has 2 rings (SSSR count). The number of nitrogens with one attached hydrogen (secondary N) is 1. The van der Waals surface area contributed by atoms with Crippen molar-refractivity contribution < 1.29 is 12.8 Å². The van der Waals surface area contributed by atoms with Crippen molar-refractivity contribution in [2.24, 2.45) is 5.73 Å². The van der Waals surface area contributed by atoms with Gasteiger partial charge >= 0.3 is 0 Å². The van der Waals surface area contributed by atoms with Gasteiger partial charge in [-0.3, -0.25) is 0 Å². The summed E-state index contributed by atoms with van der Waals surface area (Å²) < 4.78 is 39.7. The van der Waals surface area contributed by atoms with Gasteiger partial charge in [0.2, 0.25) is 5.03 Å². The van der Waals surface area contributed by atoms with Crippen molar-refractivity contribution in [2.75, 3.05) is 0 Å². The molecule has 5 nitrogen and oxygen atoms in total. The highest BCUT2D eigenvalue weighted by molar-refractivity contribution is 7.89. The van der Waals surface area contributed by atoms with Crippen molar-refractivity contribution in [1.29, 1.82) is 0 Å². The molecule has 0 spiro atoms. The molecule has 0 radical (unpaired) electrons. The molecular formula is C13H14FN3O2S. The zero-order valence-corrected chi connectivity index (χ0v) is 11.4. The highest BCUT2D eigenvalue weighted by atomic mass is 32.2. The molecule has 0 aliphatic rings. The quantitative estimate of drug-likeness (QED) is 0.866. The van der Waals surface area contributed by atoms with Gasteiger partial charge in [0.05, 0.1) is 0 Å². The summed E-state index contributed by atoms with van der Waals surface area (Å²) in [5.74, 6) is -0.882. The Hall–Kier alpha value is -1.83. The molecular weight excluding hydrogens is 281 g/mol. The van der Waals surface area contributed by atoms with E-state index in [1.54, 1.807) is 12.1 Å². The van der Waals surface area contributed by atoms with E-state index in [1.165, 1.54) is 12.3 Å². The molecule has 0 saturated carbocycles. The fraction of sp³-hybridized carbons (Fsp3) is 0.154. The molecule has 20 heavy (non-hydrogen) atoms. The second kappa shape index (κ2) is 6.08. The molecule has 0 aliphatic carbocycles. The van der Waals surface area contributed by atoms with Gasteiger partial charge in [-0.05, 0) is 23.3 Å². The predicted octanol–water partition coefficient (Wildman–Crippen LogP) is 1.16. The molecule has 0 fully saturated rings. The van der Waals surface area contributed by atoms with Gasteiger partial charge in [0.15, 0.2) is 5.82 Å². The number of hydrogen-bond donors (Lipinski definition) is 2. The number of aromatic nitrogens is 1. The van der Waals surface area contributed by atoms with Gasteiger partial charge < -0.3 is 5.73 Å². The lowest BCUT2D eigenvalue weighted by atomic mass is 10.1. The number of sulfonamides is 1. The number of pyridine rings is 1. The molecule has 1 heterocycles. The first-order valence-electron chi connectivity index (χ1n) is 5.91. The average molecular weight is 295 g/mol. The van der Waals surface area contributed by atoms with Crippen LogP contribution < -0.4 is 10.5 Å². The van der Waals surface area contributed by atoms with Crippen LogP contribution >= 0.6 is 0 Å². The summed E-state index contributed by atoms with van der Waals surface area (Å²) >= 11 is 0. The first-order chi connectivity index (χ1) is 9.54. The predicted molar refractivity (Wildman–Crippen MR) is 72.6 cm³/mol. The highest BCUT2D eigenvalue weighted by Gasteiger charge is 2.20. The zero-order chi connectivity index (χ0) is 14.6. The standard InChI is InChI=1S/C13H14FN3O2S/c14-12-6-3-7-16-13(12)20(18,19)17-9-11-5-2-1-4-10(11)8-15/h1-7,17H,8-9,15H2. The third-order valence-electron chi connectivity index (χ3n) is 2.77. The number of rotatable bonds is 5. The Morgan fingerprint density at radius 2 is 1.85 bits per heavy atom. The fourth-order valence-corrected chi connectivity index (χ4v) is 2.75. The topological polar surface area (TPSA) is 85.1 Å². The lowest BCUT2D eigenvalue weighted by molar-refractivity contribution is 0.544. The summed E-state index contributed by atoms with van der Waals surface area (Å²) in [6.07, 6.45) is 1.23. The third-order valence-corrected chi connectivity index (χ3v) is 4.10. The van der Waals surface area contributed by atoms with E-state index in [0.717, 1.165) is 17.2 Å². The minimum absolute atomic E-state index is 0.0335. The summed E-state index contributed by atoms with van der Waals surface area (Å²) in [7, 11) is -3.99. The fourth-order valence-electron chi connectivity index (χ4n) is 1.74. The lowest BCUT2D eigenvalue weighted by Gasteiger charge is -2.09. The molecule has 2 aromatic rings. The van der Waals surface area contributed by atoms with Gasteiger partial charge in [0.1, 0.15) is 0 Å². The van der Waals surface area contributed by atoms with E-state index in [2.05, 4.69) is 9.71 Å². The molecule has 106 valence electrons. The maximum absolute atomic E-state index is 13.5. The molecule has 0 aliphatic heterocycles. The number of halogens is 1. The Kier molecular flexibility index (Phi) is 4.43. The van der Waals surface area contributed by atoms with E-state index in [0.29, 0.717) is 6.54 Å². The van der Waals surface area contributed by atoms with Crippen LogP contribution in [0.25, 0.3) is 0 Å². The van der Waals surface area contributed by atoms with Crippen molar-refractivity contribution in [3.8, 4) is 0 Å². The van der Waals surface area contributed by atoms with Gasteiger partial charge in [0.25, 0.3) is 10.0 Å². The lowest BCUT2D eigenvalue weighted by Crippen LogP contribution is -2.25. The Morgan fingerprint density at radius 1 is 1.15 bits per heavy atom. The maximum atomic E-state index is 13.5. The number of nitrogens with two attached hydrogens (primary N) is 1. The van der Waals surface area contributed by atoms with E-state index in [9.17, 15) is 12.8 Å². The van der Waals surface area contributed by atoms with Crippen molar-refractivity contribution in [3.63, 3.8) is 0 Å². The van der Waals surface area contributed by atoms with Crippen molar-refractivity contribution >= 4 is 10.0 Å². The van der Waals surface area contributed by atoms with Crippen LogP contribution in [-0.2, 0) is 23.1 Å². The van der Waals surface area contributed by atoms with Gasteiger partial charge in [0, 0.05) is 19.3 Å². The van der Waals surface area contributed by atoms with Crippen LogP contribution in [0.1, 0.15) is 11.1 Å². The highest BCUT2D eigenvalue weighted by Crippen LogP contribution is 2.12. The largest absolute Gasteiger partial charge is 0.326 e. The Labute approximate surface area is 116 Å². The summed E-state index contributed by atoms with van der Waals surface area (Å²) in [4.78, 5) is 3.55. The summed E-state index contributed by atoms with van der Waals surface area (Å²) in [5.41, 5.74) is 7.15. The second-order valence-electron chi connectivity index (χ2n) is 4.09. The molecule has 7 heteroatoms. The zero-order valence-electron chi connectivity index (χ0n) is 10.6. The summed E-state index contributed by atoms with van der Waals surface area (Å²) in [6.45, 7) is 0.335. The normalized spacial score (nSPS) is 11.5.